The molecule has 0 bridgehead atoms. The Morgan fingerprint density at radius 3 is 2.83 bits per heavy atom. The summed E-state index contributed by atoms with van der Waals surface area (Å²) in [5.74, 6) is 1.52. The van der Waals surface area contributed by atoms with Crippen LogP contribution in [0.1, 0.15) is 11.5 Å². The molecule has 2 aromatic heterocycles. The molecule has 0 saturated heterocycles. The van der Waals surface area contributed by atoms with Crippen LogP contribution < -0.4 is 5.73 Å². The summed E-state index contributed by atoms with van der Waals surface area (Å²) in [5, 5.41) is 5.46. The summed E-state index contributed by atoms with van der Waals surface area (Å²) in [5.41, 5.74) is 8.89. The number of fused-ring (bicyclic) bond motifs is 1. The minimum Gasteiger partial charge on any atom is -0.358 e. The first-order valence-corrected chi connectivity index (χ1v) is 5.88. The van der Waals surface area contributed by atoms with E-state index >= 15 is 0 Å². The van der Waals surface area contributed by atoms with E-state index in [-0.39, 0.29) is 0 Å². The van der Waals surface area contributed by atoms with Crippen LogP contribution in [0.2, 0.25) is 0 Å². The molecule has 5 heteroatoms. The van der Waals surface area contributed by atoms with Crippen molar-refractivity contribution in [3.8, 4) is 11.4 Å². The summed E-state index contributed by atoms with van der Waals surface area (Å²) in [6.45, 7) is 2.40. The molecule has 5 nitrogen and oxygen atoms in total. The van der Waals surface area contributed by atoms with Gasteiger partial charge < -0.3 is 10.7 Å². The van der Waals surface area contributed by atoms with Gasteiger partial charge in [0, 0.05) is 29.2 Å². The monoisotopic (exact) mass is 241 g/mol. The van der Waals surface area contributed by atoms with Crippen LogP contribution in [0.5, 0.6) is 0 Å². The van der Waals surface area contributed by atoms with Gasteiger partial charge >= 0.3 is 0 Å². The molecule has 3 aromatic rings. The number of hydrogen-bond donors (Lipinski definition) is 2. The van der Waals surface area contributed by atoms with E-state index in [1.165, 1.54) is 0 Å². The van der Waals surface area contributed by atoms with Crippen molar-refractivity contribution in [1.29, 1.82) is 0 Å². The Kier molecular flexibility index (Phi) is 2.41. The third-order valence-electron chi connectivity index (χ3n) is 3.11. The van der Waals surface area contributed by atoms with Crippen LogP contribution in [0.15, 0.2) is 24.3 Å². The Bertz CT molecular complexity index is 707. The van der Waals surface area contributed by atoms with Crippen LogP contribution in [0, 0.1) is 6.92 Å². The fourth-order valence-electron chi connectivity index (χ4n) is 2.31. The van der Waals surface area contributed by atoms with Crippen LogP contribution >= 0.6 is 0 Å². The van der Waals surface area contributed by atoms with Gasteiger partial charge in [0.2, 0.25) is 0 Å². The molecule has 0 aliphatic heterocycles. The second-order valence-electron chi connectivity index (χ2n) is 4.35. The van der Waals surface area contributed by atoms with Gasteiger partial charge in [-0.2, -0.15) is 5.10 Å². The van der Waals surface area contributed by atoms with Crippen LogP contribution in [0.4, 0.5) is 0 Å². The number of aryl methyl sites for hydroxylation is 2. The molecule has 0 aliphatic carbocycles. The molecule has 0 saturated carbocycles. The standard InChI is InChI=1S/C13H15N5/c1-8-12(9-5-3-4-6-10(9)15-8)13-16-11(7-14)17-18(13)2/h3-6,15H,7,14H2,1-2H3. The number of benzene rings is 1. The molecule has 0 amide bonds. The van der Waals surface area contributed by atoms with E-state index in [0.717, 1.165) is 28.0 Å². The normalized spacial score (nSPS) is 11.3. The van der Waals surface area contributed by atoms with E-state index in [9.17, 15) is 0 Å². The van der Waals surface area contributed by atoms with E-state index in [1.807, 2.05) is 26.1 Å². The van der Waals surface area contributed by atoms with Gasteiger partial charge in [0.05, 0.1) is 6.54 Å². The van der Waals surface area contributed by atoms with Gasteiger partial charge in [-0.15, -0.1) is 0 Å². The Hall–Kier alpha value is -2.14. The average molecular weight is 241 g/mol. The third kappa shape index (κ3) is 1.52. The van der Waals surface area contributed by atoms with Gasteiger partial charge in [0.25, 0.3) is 0 Å². The lowest BCUT2D eigenvalue weighted by Crippen LogP contribution is -1.99. The van der Waals surface area contributed by atoms with Crippen molar-refractivity contribution in [2.24, 2.45) is 12.8 Å². The fourth-order valence-corrected chi connectivity index (χ4v) is 2.31. The highest BCUT2D eigenvalue weighted by atomic mass is 15.3. The van der Waals surface area contributed by atoms with Crippen molar-refractivity contribution in [1.82, 2.24) is 19.7 Å². The zero-order chi connectivity index (χ0) is 12.7. The van der Waals surface area contributed by atoms with Crippen molar-refractivity contribution < 1.29 is 0 Å². The van der Waals surface area contributed by atoms with E-state index < -0.39 is 0 Å². The molecule has 0 aliphatic rings. The number of aromatic amines is 1. The van der Waals surface area contributed by atoms with Gasteiger partial charge in [-0.1, -0.05) is 18.2 Å². The average Bonchev–Trinajstić information content (AvgIpc) is 2.88. The van der Waals surface area contributed by atoms with Gasteiger partial charge in [0.15, 0.2) is 11.6 Å². The molecule has 2 heterocycles. The summed E-state index contributed by atoms with van der Waals surface area (Å²) >= 11 is 0. The van der Waals surface area contributed by atoms with Crippen LogP contribution in [-0.2, 0) is 13.6 Å². The fraction of sp³-hybridized carbons (Fsp3) is 0.231. The largest absolute Gasteiger partial charge is 0.358 e. The molecular formula is C13H15N5. The maximum Gasteiger partial charge on any atom is 0.164 e. The molecule has 0 fully saturated rings. The molecule has 1 aromatic carbocycles. The van der Waals surface area contributed by atoms with Crippen molar-refractivity contribution in [2.45, 2.75) is 13.5 Å². The highest BCUT2D eigenvalue weighted by Crippen LogP contribution is 2.30. The lowest BCUT2D eigenvalue weighted by atomic mass is 10.1. The summed E-state index contributed by atoms with van der Waals surface area (Å²) in [7, 11) is 1.89. The lowest BCUT2D eigenvalue weighted by molar-refractivity contribution is 0.749. The number of H-pyrrole nitrogens is 1. The predicted octanol–water partition coefficient (Wildman–Crippen LogP) is 1.73. The molecule has 3 N–H and O–H groups in total. The molecule has 3 rings (SSSR count). The van der Waals surface area contributed by atoms with E-state index in [4.69, 9.17) is 5.73 Å². The Balaban J connectivity index is 2.30. The van der Waals surface area contributed by atoms with Gasteiger partial charge in [-0.3, -0.25) is 0 Å². The zero-order valence-corrected chi connectivity index (χ0v) is 10.4. The van der Waals surface area contributed by atoms with Gasteiger partial charge in [-0.05, 0) is 13.0 Å². The smallest absolute Gasteiger partial charge is 0.164 e. The number of hydrogen-bond acceptors (Lipinski definition) is 3. The van der Waals surface area contributed by atoms with Crippen LogP contribution in [-0.4, -0.2) is 19.7 Å². The van der Waals surface area contributed by atoms with E-state index in [1.54, 1.807) is 4.68 Å². The van der Waals surface area contributed by atoms with Gasteiger partial charge in [0.1, 0.15) is 0 Å². The number of nitrogens with two attached hydrogens (primary N) is 1. The summed E-state index contributed by atoms with van der Waals surface area (Å²) in [6, 6.07) is 8.19. The van der Waals surface area contributed by atoms with Crippen molar-refractivity contribution in [3.05, 3.63) is 35.8 Å². The molecular weight excluding hydrogens is 226 g/mol. The van der Waals surface area contributed by atoms with Crippen molar-refractivity contribution in [2.75, 3.05) is 0 Å². The maximum absolute atomic E-state index is 5.59. The topological polar surface area (TPSA) is 72.5 Å². The molecule has 0 unspecified atom stereocenters. The minimum absolute atomic E-state index is 0.356. The minimum atomic E-state index is 0.356. The van der Waals surface area contributed by atoms with Crippen LogP contribution in [0.3, 0.4) is 0 Å². The molecule has 0 radical (unpaired) electrons. The summed E-state index contributed by atoms with van der Waals surface area (Å²) in [4.78, 5) is 7.86. The van der Waals surface area contributed by atoms with E-state index in [0.29, 0.717) is 12.4 Å². The molecule has 92 valence electrons. The number of nitrogens with one attached hydrogen (secondary N) is 1. The number of para-hydroxylation sites is 1. The molecule has 0 spiro atoms. The molecule has 0 atom stereocenters. The van der Waals surface area contributed by atoms with Crippen LogP contribution in [0.25, 0.3) is 22.3 Å². The second-order valence-corrected chi connectivity index (χ2v) is 4.35. The Morgan fingerprint density at radius 1 is 1.33 bits per heavy atom. The number of nitrogens with zero attached hydrogens (tertiary/aromatic N) is 3. The van der Waals surface area contributed by atoms with E-state index in [2.05, 4.69) is 27.2 Å². The second kappa shape index (κ2) is 3.96. The van der Waals surface area contributed by atoms with Gasteiger partial charge in [-0.25, -0.2) is 9.67 Å². The lowest BCUT2D eigenvalue weighted by Gasteiger charge is -1.99. The highest BCUT2D eigenvalue weighted by Gasteiger charge is 2.16. The number of aromatic nitrogens is 4. The first-order valence-electron chi connectivity index (χ1n) is 5.88. The first-order chi connectivity index (χ1) is 8.70. The van der Waals surface area contributed by atoms with Crippen molar-refractivity contribution in [3.63, 3.8) is 0 Å². The molecule has 18 heavy (non-hydrogen) atoms. The maximum atomic E-state index is 5.59. The SMILES string of the molecule is Cc1[nH]c2ccccc2c1-c1nc(CN)nn1C. The Morgan fingerprint density at radius 2 is 2.11 bits per heavy atom. The Labute approximate surface area is 105 Å². The predicted molar refractivity (Wildman–Crippen MR) is 70.9 cm³/mol. The highest BCUT2D eigenvalue weighted by molar-refractivity contribution is 5.95. The summed E-state index contributed by atoms with van der Waals surface area (Å²) < 4.78 is 1.78. The zero-order valence-electron chi connectivity index (χ0n) is 10.4. The summed E-state index contributed by atoms with van der Waals surface area (Å²) in [6.07, 6.45) is 0. The quantitative estimate of drug-likeness (QED) is 0.717. The number of rotatable bonds is 2. The third-order valence-corrected chi connectivity index (χ3v) is 3.11. The first kappa shape index (κ1) is 11.0. The van der Waals surface area contributed by atoms with Crippen molar-refractivity contribution >= 4 is 10.9 Å².